The summed E-state index contributed by atoms with van der Waals surface area (Å²) in [5.41, 5.74) is 1.74. The molecule has 0 spiro atoms. The topological polar surface area (TPSA) is 0 Å². The van der Waals surface area contributed by atoms with Crippen LogP contribution in [0.4, 0.5) is 0 Å². The zero-order valence-electron chi connectivity index (χ0n) is 6.54. The maximum Gasteiger partial charge on any atom is -0.0284 e. The van der Waals surface area contributed by atoms with Gasteiger partial charge in [-0.15, -0.1) is 0 Å². The summed E-state index contributed by atoms with van der Waals surface area (Å²) in [6.07, 6.45) is 7.57. The average molecular weight is 124 g/mol. The van der Waals surface area contributed by atoms with E-state index in [0.29, 0.717) is 0 Å². The lowest BCUT2D eigenvalue weighted by Crippen LogP contribution is -2.60. The van der Waals surface area contributed by atoms with Crippen LogP contribution in [0.2, 0.25) is 0 Å². The third kappa shape index (κ3) is 0.500. The minimum atomic E-state index is 0.871. The first-order valence-corrected chi connectivity index (χ1v) is 4.24. The Morgan fingerprint density at radius 3 is 1.44 bits per heavy atom. The Labute approximate surface area is 57.6 Å². The van der Waals surface area contributed by atoms with Crippen molar-refractivity contribution in [3.63, 3.8) is 0 Å². The van der Waals surface area contributed by atoms with E-state index in [1.807, 2.05) is 0 Å². The Bertz CT molecular complexity index is 101. The second-order valence-electron chi connectivity index (χ2n) is 4.24. The molecule has 0 aromatic carbocycles. The second-order valence-corrected chi connectivity index (χ2v) is 4.24. The fraction of sp³-hybridized carbons (Fsp3) is 1.00. The molecule has 0 unspecified atom stereocenters. The van der Waals surface area contributed by atoms with E-state index in [1.165, 1.54) is 12.8 Å². The van der Waals surface area contributed by atoms with E-state index in [4.69, 9.17) is 0 Å². The molecule has 0 aromatic heterocycles. The van der Waals surface area contributed by atoms with Gasteiger partial charge in [0.05, 0.1) is 0 Å². The van der Waals surface area contributed by atoms with Crippen molar-refractivity contribution in [2.45, 2.75) is 46.0 Å². The number of rotatable bonds is 2. The monoisotopic (exact) mass is 124 g/mol. The summed E-state index contributed by atoms with van der Waals surface area (Å²) in [6, 6.07) is 0. The van der Waals surface area contributed by atoms with Crippen LogP contribution in [0, 0.1) is 10.8 Å². The van der Waals surface area contributed by atoms with Gasteiger partial charge in [-0.3, -0.25) is 0 Å². The maximum atomic E-state index is 2.35. The van der Waals surface area contributed by atoms with Crippen LogP contribution in [-0.4, -0.2) is 0 Å². The molecule has 52 valence electrons. The predicted octanol–water partition coefficient (Wildman–Crippen LogP) is 2.98. The van der Waals surface area contributed by atoms with Gasteiger partial charge in [0.25, 0.3) is 0 Å². The van der Waals surface area contributed by atoms with Crippen molar-refractivity contribution in [2.75, 3.05) is 0 Å². The first kappa shape index (κ1) is 5.76. The van der Waals surface area contributed by atoms with Gasteiger partial charge in [0.15, 0.2) is 0 Å². The number of hydrogen-bond donors (Lipinski definition) is 0. The second kappa shape index (κ2) is 1.36. The van der Waals surface area contributed by atoms with E-state index in [2.05, 4.69) is 13.8 Å². The first-order chi connectivity index (χ1) is 4.24. The molecule has 2 bridgehead atoms. The fourth-order valence-electron chi connectivity index (χ4n) is 2.98. The minimum absolute atomic E-state index is 0.871. The molecule has 0 aromatic rings. The van der Waals surface area contributed by atoms with Gasteiger partial charge in [0.2, 0.25) is 0 Å². The molecule has 3 fully saturated rings. The van der Waals surface area contributed by atoms with Gasteiger partial charge >= 0.3 is 0 Å². The molecule has 0 amide bonds. The van der Waals surface area contributed by atoms with Crippen molar-refractivity contribution in [3.05, 3.63) is 0 Å². The molecular weight excluding hydrogens is 108 g/mol. The van der Waals surface area contributed by atoms with Gasteiger partial charge in [0, 0.05) is 0 Å². The van der Waals surface area contributed by atoms with E-state index in [9.17, 15) is 0 Å². The highest BCUT2D eigenvalue weighted by Gasteiger charge is 2.64. The lowest BCUT2D eigenvalue weighted by Gasteiger charge is -2.71. The molecular formula is C9H16. The Balaban J connectivity index is 1.96. The Kier molecular flexibility index (Phi) is 0.868. The van der Waals surface area contributed by atoms with Crippen molar-refractivity contribution in [3.8, 4) is 0 Å². The summed E-state index contributed by atoms with van der Waals surface area (Å²) in [5.74, 6) is 0. The largest absolute Gasteiger partial charge is 0.0649 e. The van der Waals surface area contributed by atoms with Gasteiger partial charge in [-0.25, -0.2) is 0 Å². The van der Waals surface area contributed by atoms with E-state index < -0.39 is 0 Å². The summed E-state index contributed by atoms with van der Waals surface area (Å²) in [5, 5.41) is 0. The standard InChI is InChI=1S/C9H16/c1-3-8-5-9(4-2,6-8)7-8/h3-7H2,1-2H3. The lowest BCUT2D eigenvalue weighted by molar-refractivity contribution is -0.206. The van der Waals surface area contributed by atoms with E-state index in [0.717, 1.165) is 10.8 Å². The summed E-state index contributed by atoms with van der Waals surface area (Å²) in [7, 11) is 0. The van der Waals surface area contributed by atoms with Gasteiger partial charge in [-0.05, 0) is 30.1 Å². The summed E-state index contributed by atoms with van der Waals surface area (Å²) >= 11 is 0. The van der Waals surface area contributed by atoms with Crippen molar-refractivity contribution < 1.29 is 0 Å². The van der Waals surface area contributed by atoms with Crippen molar-refractivity contribution in [1.82, 2.24) is 0 Å². The molecule has 0 heteroatoms. The van der Waals surface area contributed by atoms with Crippen LogP contribution < -0.4 is 0 Å². The van der Waals surface area contributed by atoms with Gasteiger partial charge in [-0.2, -0.15) is 0 Å². The minimum Gasteiger partial charge on any atom is -0.0649 e. The zero-order chi connectivity index (χ0) is 6.54. The molecule has 9 heavy (non-hydrogen) atoms. The summed E-state index contributed by atoms with van der Waals surface area (Å²) in [6.45, 7) is 4.69. The normalized spacial score (nSPS) is 54.0. The molecule has 3 aliphatic rings. The Hall–Kier alpha value is 0. The molecule has 3 saturated carbocycles. The smallest absolute Gasteiger partial charge is 0.0284 e. The predicted molar refractivity (Wildman–Crippen MR) is 39.3 cm³/mol. The molecule has 0 heterocycles. The molecule has 0 aliphatic heterocycles. The highest BCUT2D eigenvalue weighted by atomic mass is 14.7. The highest BCUT2D eigenvalue weighted by molar-refractivity contribution is 5.15. The van der Waals surface area contributed by atoms with Crippen molar-refractivity contribution >= 4 is 0 Å². The van der Waals surface area contributed by atoms with Gasteiger partial charge in [0.1, 0.15) is 0 Å². The maximum absolute atomic E-state index is 2.35. The number of hydrogen-bond acceptors (Lipinski definition) is 0. The first-order valence-electron chi connectivity index (χ1n) is 4.24. The molecule has 0 saturated heterocycles. The lowest BCUT2D eigenvalue weighted by atomic mass is 9.34. The van der Waals surface area contributed by atoms with Gasteiger partial charge in [-0.1, -0.05) is 26.7 Å². The van der Waals surface area contributed by atoms with Crippen LogP contribution in [0.25, 0.3) is 0 Å². The van der Waals surface area contributed by atoms with E-state index in [-0.39, 0.29) is 0 Å². The molecule has 3 rings (SSSR count). The van der Waals surface area contributed by atoms with Gasteiger partial charge < -0.3 is 0 Å². The van der Waals surface area contributed by atoms with Crippen LogP contribution in [0.5, 0.6) is 0 Å². The zero-order valence-corrected chi connectivity index (χ0v) is 6.54. The third-order valence-corrected chi connectivity index (χ3v) is 3.75. The fourth-order valence-corrected chi connectivity index (χ4v) is 2.98. The third-order valence-electron chi connectivity index (χ3n) is 3.75. The van der Waals surface area contributed by atoms with Crippen LogP contribution in [0.3, 0.4) is 0 Å². The molecule has 0 radical (unpaired) electrons. The molecule has 0 N–H and O–H groups in total. The quantitative estimate of drug-likeness (QED) is 0.531. The van der Waals surface area contributed by atoms with Crippen LogP contribution >= 0.6 is 0 Å². The summed E-state index contributed by atoms with van der Waals surface area (Å²) in [4.78, 5) is 0. The summed E-state index contributed by atoms with van der Waals surface area (Å²) < 4.78 is 0. The molecule has 0 atom stereocenters. The Morgan fingerprint density at radius 1 is 0.889 bits per heavy atom. The van der Waals surface area contributed by atoms with E-state index >= 15 is 0 Å². The van der Waals surface area contributed by atoms with Crippen LogP contribution in [0.15, 0.2) is 0 Å². The highest BCUT2D eigenvalue weighted by Crippen LogP contribution is 2.75. The van der Waals surface area contributed by atoms with Crippen molar-refractivity contribution in [1.29, 1.82) is 0 Å². The van der Waals surface area contributed by atoms with E-state index in [1.54, 1.807) is 19.3 Å². The molecule has 0 nitrogen and oxygen atoms in total. The average Bonchev–Trinajstić information content (AvgIpc) is 1.62. The van der Waals surface area contributed by atoms with Crippen LogP contribution in [0.1, 0.15) is 46.0 Å². The SMILES string of the molecule is CCC12CC(CC)(C1)C2. The molecule has 3 aliphatic carbocycles. The van der Waals surface area contributed by atoms with Crippen molar-refractivity contribution in [2.24, 2.45) is 10.8 Å². The Morgan fingerprint density at radius 2 is 1.22 bits per heavy atom. The van der Waals surface area contributed by atoms with Crippen LogP contribution in [-0.2, 0) is 0 Å².